The molecule has 2 fully saturated rings. The van der Waals surface area contributed by atoms with Crippen molar-refractivity contribution in [3.8, 4) is 11.3 Å². The first-order chi connectivity index (χ1) is 10.3. The number of carbonyl (C=O) groups is 1. The second-order valence-electron chi connectivity index (χ2n) is 5.33. The zero-order chi connectivity index (χ0) is 14.2. The lowest BCUT2D eigenvalue weighted by atomic mass is 10.2. The maximum atomic E-state index is 12.5. The number of carbonyl (C=O) groups excluding carboxylic acids is 1. The Hall–Kier alpha value is -1.92. The third-order valence-corrected chi connectivity index (χ3v) is 4.88. The van der Waals surface area contributed by atoms with Gasteiger partial charge in [-0.2, -0.15) is 0 Å². The predicted molar refractivity (Wildman–Crippen MR) is 83.7 cm³/mol. The number of nitrogens with one attached hydrogen (secondary N) is 1. The number of anilines is 1. The molecule has 1 aromatic heterocycles. The molecule has 108 valence electrons. The van der Waals surface area contributed by atoms with Gasteiger partial charge in [0, 0.05) is 30.6 Å². The van der Waals surface area contributed by atoms with Crippen LogP contribution in [0.25, 0.3) is 11.3 Å². The first-order valence-corrected chi connectivity index (χ1v) is 8.01. The van der Waals surface area contributed by atoms with E-state index in [1.54, 1.807) is 0 Å². The third kappa shape index (κ3) is 2.20. The van der Waals surface area contributed by atoms with E-state index in [1.165, 1.54) is 11.3 Å². The molecule has 2 aliphatic rings. The Morgan fingerprint density at radius 1 is 1.29 bits per heavy atom. The van der Waals surface area contributed by atoms with Gasteiger partial charge in [0.2, 0.25) is 0 Å². The highest BCUT2D eigenvalue weighted by atomic mass is 32.1. The number of thiazole rings is 1. The molecule has 2 amide bonds. The molecule has 0 unspecified atom stereocenters. The zero-order valence-electron chi connectivity index (χ0n) is 11.5. The number of urea groups is 1. The number of rotatable bonds is 2. The van der Waals surface area contributed by atoms with Crippen LogP contribution in [0.5, 0.6) is 0 Å². The van der Waals surface area contributed by atoms with Gasteiger partial charge >= 0.3 is 6.03 Å². The Morgan fingerprint density at radius 2 is 2.14 bits per heavy atom. The molecule has 1 aromatic carbocycles. The van der Waals surface area contributed by atoms with E-state index in [1.807, 2.05) is 45.5 Å². The lowest BCUT2D eigenvalue weighted by Gasteiger charge is -2.28. The van der Waals surface area contributed by atoms with Crippen molar-refractivity contribution in [3.63, 3.8) is 0 Å². The number of fused-ring (bicyclic) bond motifs is 1. The summed E-state index contributed by atoms with van der Waals surface area (Å²) >= 11 is 1.54. The van der Waals surface area contributed by atoms with Crippen LogP contribution < -0.4 is 10.2 Å². The summed E-state index contributed by atoms with van der Waals surface area (Å²) in [5, 5.41) is 6.16. The van der Waals surface area contributed by atoms with Crippen LogP contribution in [0, 0.1) is 0 Å². The Labute approximate surface area is 127 Å². The molecule has 6 heteroatoms. The molecule has 3 heterocycles. The summed E-state index contributed by atoms with van der Waals surface area (Å²) in [6.45, 7) is 3.27. The van der Waals surface area contributed by atoms with Gasteiger partial charge in [-0.25, -0.2) is 9.78 Å². The first kappa shape index (κ1) is 12.8. The van der Waals surface area contributed by atoms with Crippen LogP contribution in [-0.2, 0) is 0 Å². The summed E-state index contributed by atoms with van der Waals surface area (Å²) in [4.78, 5) is 20.9. The van der Waals surface area contributed by atoms with Gasteiger partial charge in [-0.05, 0) is 0 Å². The molecule has 2 aliphatic heterocycles. The lowest BCUT2D eigenvalue weighted by molar-refractivity contribution is 0.193. The minimum Gasteiger partial charge on any atom is -0.317 e. The van der Waals surface area contributed by atoms with E-state index in [-0.39, 0.29) is 12.1 Å². The van der Waals surface area contributed by atoms with Gasteiger partial charge in [-0.3, -0.25) is 4.90 Å². The number of benzene rings is 1. The summed E-state index contributed by atoms with van der Waals surface area (Å²) in [5.41, 5.74) is 2.03. The van der Waals surface area contributed by atoms with Gasteiger partial charge in [-0.1, -0.05) is 30.3 Å². The third-order valence-electron chi connectivity index (χ3n) is 4.01. The largest absolute Gasteiger partial charge is 0.326 e. The molecule has 0 bridgehead atoms. The standard InChI is InChI=1S/C15H16N4OS/c20-15-18-7-6-16-8-12(18)9-19(15)14-17-13(10-21-14)11-4-2-1-3-5-11/h1-5,10,12,16H,6-9H2/t12-/m0/s1. The van der Waals surface area contributed by atoms with E-state index >= 15 is 0 Å². The minimum atomic E-state index is 0.0930. The van der Waals surface area contributed by atoms with Gasteiger partial charge in [0.05, 0.1) is 18.3 Å². The quantitative estimate of drug-likeness (QED) is 0.923. The van der Waals surface area contributed by atoms with Crippen LogP contribution in [-0.4, -0.2) is 48.1 Å². The van der Waals surface area contributed by atoms with Crippen molar-refractivity contribution in [3.05, 3.63) is 35.7 Å². The molecular weight excluding hydrogens is 284 g/mol. The number of hydrogen-bond acceptors (Lipinski definition) is 4. The van der Waals surface area contributed by atoms with E-state index in [4.69, 9.17) is 0 Å². The molecular formula is C15H16N4OS. The van der Waals surface area contributed by atoms with E-state index in [2.05, 4.69) is 10.3 Å². The molecule has 1 N–H and O–H groups in total. The van der Waals surface area contributed by atoms with Crippen LogP contribution in [0.15, 0.2) is 35.7 Å². The number of nitrogens with zero attached hydrogens (tertiary/aromatic N) is 3. The molecule has 5 nitrogen and oxygen atoms in total. The van der Waals surface area contributed by atoms with Gasteiger partial charge in [0.15, 0.2) is 5.13 Å². The van der Waals surface area contributed by atoms with Crippen LogP contribution in [0.3, 0.4) is 0 Å². The average molecular weight is 300 g/mol. The molecule has 0 radical (unpaired) electrons. The fraction of sp³-hybridized carbons (Fsp3) is 0.333. The van der Waals surface area contributed by atoms with Crippen molar-refractivity contribution in [2.24, 2.45) is 0 Å². The van der Waals surface area contributed by atoms with Crippen LogP contribution in [0.1, 0.15) is 0 Å². The van der Waals surface area contributed by atoms with Crippen molar-refractivity contribution in [2.45, 2.75) is 6.04 Å². The normalized spacial score (nSPS) is 21.7. The van der Waals surface area contributed by atoms with Gasteiger partial charge in [0.25, 0.3) is 0 Å². The first-order valence-electron chi connectivity index (χ1n) is 7.13. The summed E-state index contributed by atoms with van der Waals surface area (Å²) in [5.74, 6) is 0. The molecule has 0 saturated carbocycles. The number of hydrogen-bond donors (Lipinski definition) is 1. The molecule has 0 spiro atoms. The highest BCUT2D eigenvalue weighted by molar-refractivity contribution is 7.14. The highest BCUT2D eigenvalue weighted by Crippen LogP contribution is 2.31. The molecule has 2 aromatic rings. The highest BCUT2D eigenvalue weighted by Gasteiger charge is 2.40. The number of aromatic nitrogens is 1. The molecule has 0 aliphatic carbocycles. The monoisotopic (exact) mass is 300 g/mol. The van der Waals surface area contributed by atoms with Gasteiger partial charge < -0.3 is 10.2 Å². The van der Waals surface area contributed by atoms with Crippen molar-refractivity contribution in [1.82, 2.24) is 15.2 Å². The van der Waals surface area contributed by atoms with Crippen molar-refractivity contribution in [1.29, 1.82) is 0 Å². The van der Waals surface area contributed by atoms with E-state index < -0.39 is 0 Å². The van der Waals surface area contributed by atoms with Crippen molar-refractivity contribution >= 4 is 22.5 Å². The topological polar surface area (TPSA) is 48.5 Å². The zero-order valence-corrected chi connectivity index (χ0v) is 12.3. The maximum absolute atomic E-state index is 12.5. The lowest BCUT2D eigenvalue weighted by Crippen LogP contribution is -2.49. The van der Waals surface area contributed by atoms with Crippen LogP contribution in [0.2, 0.25) is 0 Å². The van der Waals surface area contributed by atoms with E-state index in [0.29, 0.717) is 0 Å². The van der Waals surface area contributed by atoms with Gasteiger partial charge in [0.1, 0.15) is 0 Å². The minimum absolute atomic E-state index is 0.0930. The van der Waals surface area contributed by atoms with Crippen LogP contribution in [0.4, 0.5) is 9.93 Å². The molecule has 1 atom stereocenters. The van der Waals surface area contributed by atoms with Crippen molar-refractivity contribution < 1.29 is 4.79 Å². The maximum Gasteiger partial charge on any atom is 0.326 e. The average Bonchev–Trinajstić information content (AvgIpc) is 3.14. The second kappa shape index (κ2) is 5.13. The van der Waals surface area contributed by atoms with E-state index in [9.17, 15) is 4.79 Å². The fourth-order valence-corrected chi connectivity index (χ4v) is 3.75. The Bertz CT molecular complexity index is 657. The smallest absolute Gasteiger partial charge is 0.317 e. The number of amides is 2. The number of piperazine rings is 1. The Morgan fingerprint density at radius 3 is 2.95 bits per heavy atom. The van der Waals surface area contributed by atoms with E-state index in [0.717, 1.165) is 42.6 Å². The predicted octanol–water partition coefficient (Wildman–Crippen LogP) is 2.02. The molecule has 4 rings (SSSR count). The van der Waals surface area contributed by atoms with Gasteiger partial charge in [-0.15, -0.1) is 11.3 Å². The molecule has 21 heavy (non-hydrogen) atoms. The summed E-state index contributed by atoms with van der Waals surface area (Å²) in [7, 11) is 0. The Kier molecular flexibility index (Phi) is 3.12. The summed E-state index contributed by atoms with van der Waals surface area (Å²) in [6.07, 6.45) is 0. The summed E-state index contributed by atoms with van der Waals surface area (Å²) in [6, 6.07) is 10.4. The van der Waals surface area contributed by atoms with Crippen molar-refractivity contribution in [2.75, 3.05) is 31.1 Å². The second-order valence-corrected chi connectivity index (χ2v) is 6.16. The molecule has 2 saturated heterocycles. The SMILES string of the molecule is O=C1N(c2nc(-c3ccccc3)cs2)C[C@@H]2CNCCN12. The Balaban J connectivity index is 1.60. The van der Waals surface area contributed by atoms with Crippen LogP contribution >= 0.6 is 11.3 Å². The summed E-state index contributed by atoms with van der Waals surface area (Å²) < 4.78 is 0. The fourth-order valence-electron chi connectivity index (χ4n) is 2.91.